The van der Waals surface area contributed by atoms with Gasteiger partial charge in [-0.2, -0.15) is 0 Å². The predicted molar refractivity (Wildman–Crippen MR) is 59.2 cm³/mol. The molecule has 1 unspecified atom stereocenters. The maximum atomic E-state index is 13.6. The molecule has 16 heavy (non-hydrogen) atoms. The molecule has 1 aromatic rings. The Kier molecular flexibility index (Phi) is 4.16. The molecule has 1 rings (SSSR count). The van der Waals surface area contributed by atoms with Crippen LogP contribution in [0.4, 0.5) is 8.78 Å². The average Bonchev–Trinajstić information content (AvgIpc) is 2.24. The summed E-state index contributed by atoms with van der Waals surface area (Å²) in [5.41, 5.74) is 0.168. The molecule has 0 aliphatic rings. The van der Waals surface area contributed by atoms with Gasteiger partial charge in [0.25, 0.3) is 0 Å². The van der Waals surface area contributed by atoms with Gasteiger partial charge >= 0.3 is 0 Å². The van der Waals surface area contributed by atoms with Gasteiger partial charge in [0.05, 0.1) is 0 Å². The highest BCUT2D eigenvalue weighted by Crippen LogP contribution is 2.29. The third kappa shape index (κ3) is 2.46. The van der Waals surface area contributed by atoms with Crippen LogP contribution in [0.3, 0.4) is 0 Å². The summed E-state index contributed by atoms with van der Waals surface area (Å²) >= 11 is 0. The van der Waals surface area contributed by atoms with E-state index in [0.717, 1.165) is 6.07 Å². The number of Topliss-reactive ketones (excluding diaryl/α,β-unsaturated/α-hetero) is 1. The number of rotatable bonds is 4. The Hall–Kier alpha value is -1.25. The molecule has 0 aliphatic carbocycles. The zero-order valence-corrected chi connectivity index (χ0v) is 9.76. The molecule has 0 amide bonds. The highest BCUT2D eigenvalue weighted by atomic mass is 19.2. The molecule has 0 spiro atoms. The lowest BCUT2D eigenvalue weighted by Crippen LogP contribution is -2.19. The van der Waals surface area contributed by atoms with Crippen LogP contribution in [0.5, 0.6) is 0 Å². The monoisotopic (exact) mass is 226 g/mol. The van der Waals surface area contributed by atoms with Gasteiger partial charge in [0.15, 0.2) is 11.6 Å². The zero-order chi connectivity index (χ0) is 12.3. The van der Waals surface area contributed by atoms with E-state index in [-0.39, 0.29) is 17.3 Å². The molecule has 0 aromatic heterocycles. The first-order valence-corrected chi connectivity index (χ1v) is 5.45. The van der Waals surface area contributed by atoms with Crippen LogP contribution < -0.4 is 0 Å². The van der Waals surface area contributed by atoms with Crippen LogP contribution >= 0.6 is 0 Å². The molecule has 0 saturated heterocycles. The second-order valence-electron chi connectivity index (χ2n) is 4.18. The van der Waals surface area contributed by atoms with Gasteiger partial charge < -0.3 is 0 Å². The zero-order valence-electron chi connectivity index (χ0n) is 9.76. The Morgan fingerprint density at radius 1 is 1.31 bits per heavy atom. The van der Waals surface area contributed by atoms with Crippen LogP contribution in [0.2, 0.25) is 0 Å². The van der Waals surface area contributed by atoms with Crippen LogP contribution in [-0.2, 0) is 4.79 Å². The number of halogens is 2. The van der Waals surface area contributed by atoms with Crippen molar-refractivity contribution in [3.05, 3.63) is 35.4 Å². The molecule has 1 atom stereocenters. The Labute approximate surface area is 94.5 Å². The Morgan fingerprint density at radius 2 is 1.94 bits per heavy atom. The molecule has 0 saturated carbocycles. The summed E-state index contributed by atoms with van der Waals surface area (Å²) in [4.78, 5) is 11.7. The van der Waals surface area contributed by atoms with E-state index in [4.69, 9.17) is 0 Å². The van der Waals surface area contributed by atoms with Crippen molar-refractivity contribution >= 4 is 5.78 Å². The van der Waals surface area contributed by atoms with Gasteiger partial charge in [-0.05, 0) is 12.0 Å². The van der Waals surface area contributed by atoms with Gasteiger partial charge in [0.1, 0.15) is 5.78 Å². The molecule has 1 nitrogen and oxygen atoms in total. The van der Waals surface area contributed by atoms with Gasteiger partial charge in [0, 0.05) is 17.9 Å². The van der Waals surface area contributed by atoms with Gasteiger partial charge in [-0.15, -0.1) is 0 Å². The third-order valence-electron chi connectivity index (χ3n) is 2.68. The maximum absolute atomic E-state index is 13.6. The third-order valence-corrected chi connectivity index (χ3v) is 2.68. The molecular weight excluding hydrogens is 210 g/mol. The number of carbonyl (C=O) groups is 1. The van der Waals surface area contributed by atoms with E-state index in [1.807, 2.05) is 13.8 Å². The van der Waals surface area contributed by atoms with Crippen molar-refractivity contribution in [2.75, 3.05) is 0 Å². The van der Waals surface area contributed by atoms with E-state index in [1.54, 1.807) is 6.92 Å². The van der Waals surface area contributed by atoms with Gasteiger partial charge in [-0.3, -0.25) is 4.79 Å². The predicted octanol–water partition coefficient (Wildman–Crippen LogP) is 3.68. The van der Waals surface area contributed by atoms with Crippen LogP contribution in [0.1, 0.15) is 38.7 Å². The Morgan fingerprint density at radius 3 is 2.44 bits per heavy atom. The van der Waals surface area contributed by atoms with Crippen LogP contribution in [-0.4, -0.2) is 5.78 Å². The normalized spacial score (nSPS) is 12.9. The van der Waals surface area contributed by atoms with E-state index in [0.29, 0.717) is 6.42 Å². The summed E-state index contributed by atoms with van der Waals surface area (Å²) in [6.45, 7) is 5.40. The minimum atomic E-state index is -0.900. The summed E-state index contributed by atoms with van der Waals surface area (Å²) in [7, 11) is 0. The first-order chi connectivity index (χ1) is 7.49. The summed E-state index contributed by atoms with van der Waals surface area (Å²) < 4.78 is 26.7. The SMILES string of the molecule is CCC(=O)C(c1cccc(F)c1F)C(C)C. The standard InChI is InChI=1S/C13H16F2O/c1-4-11(16)12(8(2)3)9-6-5-7-10(14)13(9)15/h5-8,12H,4H2,1-3H3. The lowest BCUT2D eigenvalue weighted by atomic mass is 9.83. The lowest BCUT2D eigenvalue weighted by Gasteiger charge is -2.20. The summed E-state index contributed by atoms with van der Waals surface area (Å²) in [5.74, 6) is -2.45. The van der Waals surface area contributed by atoms with Crippen molar-refractivity contribution in [2.24, 2.45) is 5.92 Å². The molecule has 0 aliphatic heterocycles. The fourth-order valence-electron chi connectivity index (χ4n) is 1.88. The molecule has 1 aromatic carbocycles. The highest BCUT2D eigenvalue weighted by Gasteiger charge is 2.26. The van der Waals surface area contributed by atoms with E-state index >= 15 is 0 Å². The molecule has 88 valence electrons. The van der Waals surface area contributed by atoms with Crippen LogP contribution in [0, 0.1) is 17.6 Å². The van der Waals surface area contributed by atoms with Gasteiger partial charge in [-0.25, -0.2) is 8.78 Å². The van der Waals surface area contributed by atoms with E-state index in [1.165, 1.54) is 12.1 Å². The second-order valence-corrected chi connectivity index (χ2v) is 4.18. The van der Waals surface area contributed by atoms with Crippen molar-refractivity contribution in [1.29, 1.82) is 0 Å². The van der Waals surface area contributed by atoms with Crippen molar-refractivity contribution in [3.63, 3.8) is 0 Å². The topological polar surface area (TPSA) is 17.1 Å². The highest BCUT2D eigenvalue weighted by molar-refractivity contribution is 5.85. The quantitative estimate of drug-likeness (QED) is 0.765. The van der Waals surface area contributed by atoms with Gasteiger partial charge in [0.2, 0.25) is 0 Å². The number of hydrogen-bond acceptors (Lipinski definition) is 1. The van der Waals surface area contributed by atoms with Crippen molar-refractivity contribution in [2.45, 2.75) is 33.1 Å². The van der Waals surface area contributed by atoms with Crippen LogP contribution in [0.25, 0.3) is 0 Å². The fourth-order valence-corrected chi connectivity index (χ4v) is 1.88. The van der Waals surface area contributed by atoms with Crippen molar-refractivity contribution in [3.8, 4) is 0 Å². The summed E-state index contributed by atoms with van der Waals surface area (Å²) in [6.07, 6.45) is 0.332. The van der Waals surface area contributed by atoms with Crippen molar-refractivity contribution in [1.82, 2.24) is 0 Å². The fraction of sp³-hybridized carbons (Fsp3) is 0.462. The molecular formula is C13H16F2O. The smallest absolute Gasteiger partial charge is 0.162 e. The molecule has 0 fully saturated rings. The number of carbonyl (C=O) groups excluding carboxylic acids is 1. The molecule has 0 N–H and O–H groups in total. The second kappa shape index (κ2) is 5.19. The number of ketones is 1. The van der Waals surface area contributed by atoms with E-state index in [2.05, 4.69) is 0 Å². The van der Waals surface area contributed by atoms with E-state index < -0.39 is 17.6 Å². The Balaban J connectivity index is 3.21. The summed E-state index contributed by atoms with van der Waals surface area (Å²) in [6, 6.07) is 3.98. The number of hydrogen-bond donors (Lipinski definition) is 0. The first-order valence-electron chi connectivity index (χ1n) is 5.45. The largest absolute Gasteiger partial charge is 0.299 e. The summed E-state index contributed by atoms with van der Waals surface area (Å²) in [5, 5.41) is 0. The van der Waals surface area contributed by atoms with Gasteiger partial charge in [-0.1, -0.05) is 32.9 Å². The minimum Gasteiger partial charge on any atom is -0.299 e. The molecule has 0 heterocycles. The molecule has 3 heteroatoms. The maximum Gasteiger partial charge on any atom is 0.162 e. The minimum absolute atomic E-state index is 0.0382. The Bertz CT molecular complexity index is 386. The first kappa shape index (κ1) is 12.8. The number of benzene rings is 1. The van der Waals surface area contributed by atoms with E-state index in [9.17, 15) is 13.6 Å². The van der Waals surface area contributed by atoms with Crippen LogP contribution in [0.15, 0.2) is 18.2 Å². The molecule has 0 bridgehead atoms. The average molecular weight is 226 g/mol. The van der Waals surface area contributed by atoms with Crippen molar-refractivity contribution < 1.29 is 13.6 Å². The lowest BCUT2D eigenvalue weighted by molar-refractivity contribution is -0.121. The molecule has 0 radical (unpaired) electrons.